The van der Waals surface area contributed by atoms with E-state index in [0.29, 0.717) is 32.2 Å². The Morgan fingerprint density at radius 3 is 2.70 bits per heavy atom. The number of aryl methyl sites for hydroxylation is 1. The van der Waals surface area contributed by atoms with Crippen LogP contribution in [0.2, 0.25) is 0 Å². The highest BCUT2D eigenvalue weighted by molar-refractivity contribution is 5.79. The van der Waals surface area contributed by atoms with Gasteiger partial charge in [0.15, 0.2) is 5.96 Å². The van der Waals surface area contributed by atoms with Crippen molar-refractivity contribution in [3.05, 3.63) is 69.3 Å². The van der Waals surface area contributed by atoms with Crippen molar-refractivity contribution in [2.45, 2.75) is 33.9 Å². The maximum atomic E-state index is 10.9. The van der Waals surface area contributed by atoms with Crippen LogP contribution in [-0.2, 0) is 13.1 Å². The molecule has 7 heteroatoms. The number of hydrogen-bond donors (Lipinski definition) is 2. The second kappa shape index (κ2) is 10.2. The lowest BCUT2D eigenvalue weighted by Gasteiger charge is -2.14. The minimum Gasteiger partial charge on any atom is -0.494 e. The summed E-state index contributed by atoms with van der Waals surface area (Å²) in [5, 5.41) is 17.4. The fourth-order valence-electron chi connectivity index (χ4n) is 2.56. The van der Waals surface area contributed by atoms with E-state index >= 15 is 0 Å². The normalized spacial score (nSPS) is 11.1. The number of aliphatic imine (C=N–C) groups is 1. The number of benzene rings is 2. The highest BCUT2D eigenvalue weighted by atomic mass is 16.6. The molecule has 0 amide bonds. The fraction of sp³-hybridized carbons (Fsp3) is 0.350. The zero-order chi connectivity index (χ0) is 19.6. The van der Waals surface area contributed by atoms with Crippen LogP contribution < -0.4 is 15.4 Å². The SMILES string of the molecule is CCNC(=NCc1cccc([N+](=O)[O-])c1)NCc1ccc(C)cc1OCC. The standard InChI is InChI=1S/C20H26N4O3/c1-4-21-20(22-13-16-7-6-8-18(12-16)24(25)26)23-14-17-10-9-15(3)11-19(17)27-5-2/h6-12H,4-5,13-14H2,1-3H3,(H2,21,22,23). The van der Waals surface area contributed by atoms with Crippen LogP contribution >= 0.6 is 0 Å². The zero-order valence-corrected chi connectivity index (χ0v) is 16.0. The van der Waals surface area contributed by atoms with Crippen molar-refractivity contribution >= 4 is 11.6 Å². The van der Waals surface area contributed by atoms with Gasteiger partial charge in [0, 0.05) is 30.8 Å². The maximum Gasteiger partial charge on any atom is 0.269 e. The fourth-order valence-corrected chi connectivity index (χ4v) is 2.56. The molecule has 144 valence electrons. The molecule has 0 heterocycles. The minimum absolute atomic E-state index is 0.0710. The van der Waals surface area contributed by atoms with Crippen LogP contribution in [0.25, 0.3) is 0 Å². The number of nitro groups is 1. The number of rotatable bonds is 8. The summed E-state index contributed by atoms with van der Waals surface area (Å²) in [6, 6.07) is 12.6. The third-order valence-electron chi connectivity index (χ3n) is 3.85. The molecule has 0 aliphatic heterocycles. The van der Waals surface area contributed by atoms with Crippen molar-refractivity contribution in [2.24, 2.45) is 4.99 Å². The van der Waals surface area contributed by atoms with Crippen molar-refractivity contribution in [1.29, 1.82) is 0 Å². The van der Waals surface area contributed by atoms with Gasteiger partial charge in [-0.25, -0.2) is 4.99 Å². The van der Waals surface area contributed by atoms with Gasteiger partial charge in [-0.05, 0) is 38.0 Å². The summed E-state index contributed by atoms with van der Waals surface area (Å²) < 4.78 is 5.71. The molecule has 0 fully saturated rings. The summed E-state index contributed by atoms with van der Waals surface area (Å²) in [5.74, 6) is 1.51. The van der Waals surface area contributed by atoms with Crippen molar-refractivity contribution in [2.75, 3.05) is 13.2 Å². The first kappa shape index (κ1) is 20.2. The number of hydrogen-bond acceptors (Lipinski definition) is 4. The van der Waals surface area contributed by atoms with E-state index in [1.165, 1.54) is 6.07 Å². The first-order valence-corrected chi connectivity index (χ1v) is 9.01. The van der Waals surface area contributed by atoms with Crippen LogP contribution in [-0.4, -0.2) is 24.0 Å². The van der Waals surface area contributed by atoms with Gasteiger partial charge in [0.2, 0.25) is 0 Å². The van der Waals surface area contributed by atoms with Crippen molar-refractivity contribution < 1.29 is 9.66 Å². The molecule has 27 heavy (non-hydrogen) atoms. The minimum atomic E-state index is -0.399. The van der Waals surface area contributed by atoms with Gasteiger partial charge in [-0.2, -0.15) is 0 Å². The van der Waals surface area contributed by atoms with E-state index in [0.717, 1.165) is 22.4 Å². The molecule has 0 saturated carbocycles. The summed E-state index contributed by atoms with van der Waals surface area (Å²) in [4.78, 5) is 15.0. The quantitative estimate of drug-likeness (QED) is 0.321. The Morgan fingerprint density at radius 1 is 1.19 bits per heavy atom. The Labute approximate surface area is 159 Å². The van der Waals surface area contributed by atoms with E-state index in [4.69, 9.17) is 4.74 Å². The van der Waals surface area contributed by atoms with Gasteiger partial charge in [-0.1, -0.05) is 24.3 Å². The average molecular weight is 370 g/mol. The Hall–Kier alpha value is -3.09. The number of non-ortho nitro benzene ring substituents is 1. The van der Waals surface area contributed by atoms with Gasteiger partial charge < -0.3 is 15.4 Å². The Balaban J connectivity index is 2.08. The molecule has 2 rings (SSSR count). The predicted molar refractivity (Wildman–Crippen MR) is 107 cm³/mol. The van der Waals surface area contributed by atoms with Crippen LogP contribution in [0.4, 0.5) is 5.69 Å². The van der Waals surface area contributed by atoms with Gasteiger partial charge in [-0.15, -0.1) is 0 Å². The Kier molecular flexibility index (Phi) is 7.61. The monoisotopic (exact) mass is 370 g/mol. The topological polar surface area (TPSA) is 88.8 Å². The zero-order valence-electron chi connectivity index (χ0n) is 16.0. The number of nitrogens with one attached hydrogen (secondary N) is 2. The number of nitrogens with zero attached hydrogens (tertiary/aromatic N) is 2. The number of nitro benzene ring substituents is 1. The molecule has 0 radical (unpaired) electrons. The lowest BCUT2D eigenvalue weighted by atomic mass is 10.1. The van der Waals surface area contributed by atoms with Crippen molar-refractivity contribution in [3.63, 3.8) is 0 Å². The lowest BCUT2D eigenvalue weighted by Crippen LogP contribution is -2.36. The van der Waals surface area contributed by atoms with Gasteiger partial charge >= 0.3 is 0 Å². The summed E-state index contributed by atoms with van der Waals surface area (Å²) in [6.07, 6.45) is 0. The molecule has 0 aromatic heterocycles. The van der Waals surface area contributed by atoms with Crippen LogP contribution in [0.5, 0.6) is 5.75 Å². The molecule has 0 bridgehead atoms. The van der Waals surface area contributed by atoms with E-state index in [9.17, 15) is 10.1 Å². The average Bonchev–Trinajstić information content (AvgIpc) is 2.65. The van der Waals surface area contributed by atoms with E-state index in [1.807, 2.05) is 45.0 Å². The van der Waals surface area contributed by atoms with Crippen molar-refractivity contribution in [1.82, 2.24) is 10.6 Å². The van der Waals surface area contributed by atoms with E-state index in [-0.39, 0.29) is 5.69 Å². The molecule has 0 atom stereocenters. The third kappa shape index (κ3) is 6.29. The first-order valence-electron chi connectivity index (χ1n) is 9.01. The number of guanidine groups is 1. The number of ether oxygens (including phenoxy) is 1. The summed E-state index contributed by atoms with van der Waals surface area (Å²) in [7, 11) is 0. The van der Waals surface area contributed by atoms with E-state index in [2.05, 4.69) is 15.6 Å². The molecular formula is C20H26N4O3. The summed E-state index contributed by atoms with van der Waals surface area (Å²) >= 11 is 0. The second-order valence-corrected chi connectivity index (χ2v) is 6.02. The molecule has 0 aliphatic carbocycles. The smallest absolute Gasteiger partial charge is 0.269 e. The van der Waals surface area contributed by atoms with Crippen LogP contribution in [0.15, 0.2) is 47.5 Å². The molecule has 2 aromatic carbocycles. The molecule has 0 unspecified atom stereocenters. The molecule has 2 N–H and O–H groups in total. The van der Waals surface area contributed by atoms with E-state index < -0.39 is 4.92 Å². The van der Waals surface area contributed by atoms with Gasteiger partial charge in [0.05, 0.1) is 18.1 Å². The second-order valence-electron chi connectivity index (χ2n) is 6.02. The van der Waals surface area contributed by atoms with Crippen LogP contribution in [0, 0.1) is 17.0 Å². The Morgan fingerprint density at radius 2 is 2.00 bits per heavy atom. The highest BCUT2D eigenvalue weighted by Gasteiger charge is 2.07. The Bertz CT molecular complexity index is 806. The molecule has 0 saturated heterocycles. The summed E-state index contributed by atoms with van der Waals surface area (Å²) in [5.41, 5.74) is 3.05. The van der Waals surface area contributed by atoms with Crippen molar-refractivity contribution in [3.8, 4) is 5.75 Å². The maximum absolute atomic E-state index is 10.9. The molecule has 0 aliphatic rings. The van der Waals surface area contributed by atoms with Gasteiger partial charge in [0.25, 0.3) is 5.69 Å². The molecule has 7 nitrogen and oxygen atoms in total. The van der Waals surface area contributed by atoms with Crippen LogP contribution in [0.3, 0.4) is 0 Å². The predicted octanol–water partition coefficient (Wildman–Crippen LogP) is 3.56. The third-order valence-corrected chi connectivity index (χ3v) is 3.85. The highest BCUT2D eigenvalue weighted by Crippen LogP contribution is 2.20. The lowest BCUT2D eigenvalue weighted by molar-refractivity contribution is -0.384. The molecule has 2 aromatic rings. The molecular weight excluding hydrogens is 344 g/mol. The first-order chi connectivity index (χ1) is 13.0. The largest absolute Gasteiger partial charge is 0.494 e. The molecule has 0 spiro atoms. The summed E-state index contributed by atoms with van der Waals surface area (Å²) in [6.45, 7) is 8.22. The van der Waals surface area contributed by atoms with Gasteiger partial charge in [-0.3, -0.25) is 10.1 Å². The van der Waals surface area contributed by atoms with Gasteiger partial charge in [0.1, 0.15) is 5.75 Å². The van der Waals surface area contributed by atoms with E-state index in [1.54, 1.807) is 12.1 Å². The van der Waals surface area contributed by atoms with Crippen LogP contribution in [0.1, 0.15) is 30.5 Å².